The molecule has 0 saturated carbocycles. The highest BCUT2D eigenvalue weighted by atomic mass is 127. The number of esters is 1. The third-order valence-electron chi connectivity index (χ3n) is 7.05. The van der Waals surface area contributed by atoms with Crippen molar-refractivity contribution in [3.05, 3.63) is 118 Å². The monoisotopic (exact) mass is 756 g/mol. The van der Waals surface area contributed by atoms with Crippen molar-refractivity contribution in [3.8, 4) is 17.2 Å². The molecule has 0 radical (unpaired) electrons. The molecule has 3 aromatic carbocycles. The molecule has 4 aromatic rings. The first-order valence-electron chi connectivity index (χ1n) is 14.9. The zero-order valence-electron chi connectivity index (χ0n) is 26.1. The summed E-state index contributed by atoms with van der Waals surface area (Å²) in [5, 5.41) is 0. The summed E-state index contributed by atoms with van der Waals surface area (Å²) in [4.78, 5) is 32.7. The first-order chi connectivity index (χ1) is 22.1. The van der Waals surface area contributed by atoms with Gasteiger partial charge in [-0.2, -0.15) is 0 Å². The Kier molecular flexibility index (Phi) is 10.6. The van der Waals surface area contributed by atoms with E-state index in [1.54, 1.807) is 48.8 Å². The largest absolute Gasteiger partial charge is 0.491 e. The van der Waals surface area contributed by atoms with Crippen LogP contribution in [0.3, 0.4) is 0 Å². The van der Waals surface area contributed by atoms with Crippen LogP contribution in [0.25, 0.3) is 6.08 Å². The predicted molar refractivity (Wildman–Crippen MR) is 184 cm³/mol. The second-order valence-electron chi connectivity index (χ2n) is 10.6. The van der Waals surface area contributed by atoms with E-state index in [0.717, 1.165) is 3.57 Å². The van der Waals surface area contributed by atoms with Gasteiger partial charge in [-0.15, -0.1) is 0 Å². The lowest BCUT2D eigenvalue weighted by Crippen LogP contribution is -2.40. The van der Waals surface area contributed by atoms with Gasteiger partial charge in [0.1, 0.15) is 24.2 Å². The molecule has 8 nitrogen and oxygen atoms in total. The molecule has 0 bridgehead atoms. The molecule has 1 aromatic heterocycles. The second-order valence-corrected chi connectivity index (χ2v) is 12.8. The summed E-state index contributed by atoms with van der Waals surface area (Å²) in [6.07, 6.45) is 1.64. The number of hydrogen-bond acceptors (Lipinski definition) is 8. The van der Waals surface area contributed by atoms with Gasteiger partial charge in [-0.3, -0.25) is 9.36 Å². The van der Waals surface area contributed by atoms with E-state index in [4.69, 9.17) is 18.9 Å². The molecule has 240 valence electrons. The highest BCUT2D eigenvalue weighted by Crippen LogP contribution is 2.37. The zero-order valence-corrected chi connectivity index (χ0v) is 29.1. The van der Waals surface area contributed by atoms with Crippen LogP contribution in [-0.4, -0.2) is 29.9 Å². The van der Waals surface area contributed by atoms with Crippen molar-refractivity contribution >= 4 is 46.0 Å². The van der Waals surface area contributed by atoms with Crippen LogP contribution in [0, 0.1) is 9.39 Å². The van der Waals surface area contributed by atoms with Gasteiger partial charge in [0.25, 0.3) is 5.56 Å². The van der Waals surface area contributed by atoms with Gasteiger partial charge in [-0.05, 0) is 93.1 Å². The smallest absolute Gasteiger partial charge is 0.338 e. The first kappa shape index (κ1) is 33.4. The average Bonchev–Trinajstić information content (AvgIpc) is 3.31. The predicted octanol–water partition coefficient (Wildman–Crippen LogP) is 6.31. The lowest BCUT2D eigenvalue weighted by molar-refractivity contribution is -0.139. The average molecular weight is 757 g/mol. The fourth-order valence-corrected chi connectivity index (χ4v) is 6.97. The van der Waals surface area contributed by atoms with Crippen molar-refractivity contribution in [1.29, 1.82) is 0 Å². The number of para-hydroxylation sites is 1. The van der Waals surface area contributed by atoms with Crippen molar-refractivity contribution in [2.24, 2.45) is 4.99 Å². The van der Waals surface area contributed by atoms with Gasteiger partial charge in [0.2, 0.25) is 0 Å². The maximum Gasteiger partial charge on any atom is 0.338 e. The minimum absolute atomic E-state index is 0.0326. The van der Waals surface area contributed by atoms with Crippen LogP contribution in [0.2, 0.25) is 0 Å². The highest BCUT2D eigenvalue weighted by Gasteiger charge is 2.35. The fourth-order valence-electron chi connectivity index (χ4n) is 5.14. The number of carbonyl (C=O) groups excluding carboxylic acids is 1. The Hall–Kier alpha value is -3.97. The van der Waals surface area contributed by atoms with Crippen LogP contribution in [0.1, 0.15) is 57.4 Å². The molecular formula is C35H34FIN2O6S. The van der Waals surface area contributed by atoms with Crippen LogP contribution >= 0.6 is 33.9 Å². The molecule has 0 saturated heterocycles. The van der Waals surface area contributed by atoms with Gasteiger partial charge in [0, 0.05) is 11.1 Å². The van der Waals surface area contributed by atoms with E-state index in [1.165, 1.54) is 17.4 Å². The number of halogens is 2. The molecular weight excluding hydrogens is 722 g/mol. The number of carbonyl (C=O) groups is 1. The first-order valence-corrected chi connectivity index (χ1v) is 16.8. The van der Waals surface area contributed by atoms with E-state index in [-0.39, 0.29) is 36.3 Å². The summed E-state index contributed by atoms with van der Waals surface area (Å²) in [6, 6.07) is 16.7. The number of allylic oxidation sites excluding steroid dienone is 1. The number of benzene rings is 3. The molecule has 1 aliphatic rings. The number of ether oxygens (including phenoxy) is 4. The maximum absolute atomic E-state index is 14.2. The molecule has 46 heavy (non-hydrogen) atoms. The Morgan fingerprint density at radius 3 is 2.52 bits per heavy atom. The van der Waals surface area contributed by atoms with Crippen LogP contribution in [0.5, 0.6) is 17.2 Å². The molecule has 0 fully saturated rings. The summed E-state index contributed by atoms with van der Waals surface area (Å²) >= 11 is 3.37. The SMILES string of the molecule is CCOC(=O)C1=C(C)N=c2s/c(=C/c3cc(I)c(OCc4ccccc4F)c(OCC)c3)c(=O)n2[C@H]1c1ccccc1OC(C)C. The van der Waals surface area contributed by atoms with Gasteiger partial charge in [0.05, 0.1) is 38.7 Å². The van der Waals surface area contributed by atoms with Crippen molar-refractivity contribution in [2.75, 3.05) is 13.2 Å². The lowest BCUT2D eigenvalue weighted by Gasteiger charge is -2.26. The summed E-state index contributed by atoms with van der Waals surface area (Å²) in [6.45, 7) is 9.78. The molecule has 5 rings (SSSR count). The van der Waals surface area contributed by atoms with Gasteiger partial charge in [0.15, 0.2) is 16.3 Å². The number of rotatable bonds is 11. The number of thiazole rings is 1. The van der Waals surface area contributed by atoms with Gasteiger partial charge in [-0.25, -0.2) is 14.2 Å². The Balaban J connectivity index is 1.62. The van der Waals surface area contributed by atoms with E-state index >= 15 is 0 Å². The maximum atomic E-state index is 14.2. The van der Waals surface area contributed by atoms with Crippen molar-refractivity contribution < 1.29 is 28.1 Å². The number of nitrogens with zero attached hydrogens (tertiary/aromatic N) is 2. The van der Waals surface area contributed by atoms with Gasteiger partial charge in [-0.1, -0.05) is 47.7 Å². The Morgan fingerprint density at radius 1 is 1.07 bits per heavy atom. The van der Waals surface area contributed by atoms with E-state index in [1.807, 2.05) is 51.1 Å². The molecule has 1 atom stereocenters. The minimum Gasteiger partial charge on any atom is -0.491 e. The second kappa shape index (κ2) is 14.6. The molecule has 0 aliphatic carbocycles. The minimum atomic E-state index is -0.805. The van der Waals surface area contributed by atoms with Crippen molar-refractivity contribution in [2.45, 2.75) is 53.4 Å². The van der Waals surface area contributed by atoms with E-state index < -0.39 is 12.0 Å². The topological polar surface area (TPSA) is 88.4 Å². The standard InChI is InChI=1S/C35H34FIN2O6S/c1-6-42-28-17-22(16-26(37)32(28)44-19-23-12-8-10-14-25(23)36)18-29-33(40)39-31(24-13-9-11-15-27(24)45-20(3)4)30(34(41)43-7-2)21(5)38-35(39)46-29/h8-18,20,31H,6-7,19H2,1-5H3/b29-18+/t31-/m0/s1. The summed E-state index contributed by atoms with van der Waals surface area (Å²) in [5.74, 6) is 0.642. The normalized spacial score (nSPS) is 14.6. The third kappa shape index (κ3) is 7.05. The van der Waals surface area contributed by atoms with Crippen molar-refractivity contribution in [3.63, 3.8) is 0 Å². The third-order valence-corrected chi connectivity index (χ3v) is 8.84. The van der Waals surface area contributed by atoms with Crippen molar-refractivity contribution in [1.82, 2.24) is 4.57 Å². The van der Waals surface area contributed by atoms with Crippen LogP contribution in [-0.2, 0) is 16.1 Å². The fraction of sp³-hybridized carbons (Fsp3) is 0.286. The van der Waals surface area contributed by atoms with Gasteiger partial charge < -0.3 is 18.9 Å². The Labute approximate surface area is 283 Å². The molecule has 0 spiro atoms. The molecule has 2 heterocycles. The van der Waals surface area contributed by atoms with Gasteiger partial charge >= 0.3 is 5.97 Å². The number of fused-ring (bicyclic) bond motifs is 1. The van der Waals surface area contributed by atoms with E-state index in [9.17, 15) is 14.0 Å². The zero-order chi connectivity index (χ0) is 33.0. The Bertz CT molecular complexity index is 1980. The summed E-state index contributed by atoms with van der Waals surface area (Å²) in [7, 11) is 0. The number of hydrogen-bond donors (Lipinski definition) is 0. The number of aromatic nitrogens is 1. The lowest BCUT2D eigenvalue weighted by atomic mass is 9.95. The quantitative estimate of drug-likeness (QED) is 0.132. The van der Waals surface area contributed by atoms with Crippen LogP contribution in [0.4, 0.5) is 4.39 Å². The summed E-state index contributed by atoms with van der Waals surface area (Å²) in [5.41, 5.74) is 2.24. The molecule has 0 N–H and O–H groups in total. The summed E-state index contributed by atoms with van der Waals surface area (Å²) < 4.78 is 40.4. The van der Waals surface area contributed by atoms with E-state index in [0.29, 0.717) is 55.6 Å². The molecule has 0 amide bonds. The van der Waals surface area contributed by atoms with Crippen LogP contribution < -0.4 is 29.1 Å². The molecule has 0 unspecified atom stereocenters. The molecule has 11 heteroatoms. The van der Waals surface area contributed by atoms with Crippen LogP contribution in [0.15, 0.2) is 81.7 Å². The van der Waals surface area contributed by atoms with E-state index in [2.05, 4.69) is 27.6 Å². The molecule has 1 aliphatic heterocycles. The Morgan fingerprint density at radius 2 is 1.80 bits per heavy atom. The highest BCUT2D eigenvalue weighted by molar-refractivity contribution is 14.1.